The van der Waals surface area contributed by atoms with Gasteiger partial charge in [0.05, 0.1) is 12.6 Å². The SMILES string of the molecule is COCO[C@@]1(Cc2cc(Br)c(C)cn2)C(=O)N(COC)[C@H]1COSP(I)I. The molecule has 0 spiro atoms. The Labute approximate surface area is 198 Å². The lowest BCUT2D eigenvalue weighted by molar-refractivity contribution is -0.236. The van der Waals surface area contributed by atoms with Gasteiger partial charge in [-0.3, -0.25) is 9.78 Å². The van der Waals surface area contributed by atoms with Gasteiger partial charge in [0.15, 0.2) is 5.60 Å². The van der Waals surface area contributed by atoms with Gasteiger partial charge in [0.1, 0.15) is 15.9 Å². The van der Waals surface area contributed by atoms with Crippen molar-refractivity contribution >= 4 is 80.0 Å². The van der Waals surface area contributed by atoms with Crippen molar-refractivity contribution in [3.8, 4) is 0 Å². The largest absolute Gasteiger partial charge is 0.364 e. The van der Waals surface area contributed by atoms with E-state index in [0.29, 0.717) is 13.0 Å². The molecule has 1 aromatic rings. The maximum atomic E-state index is 13.0. The Balaban J connectivity index is 2.27. The van der Waals surface area contributed by atoms with Crippen LogP contribution >= 0.6 is 74.1 Å². The quantitative estimate of drug-likeness (QED) is 0.109. The Morgan fingerprint density at radius 1 is 1.41 bits per heavy atom. The van der Waals surface area contributed by atoms with E-state index in [1.165, 1.54) is 18.8 Å². The van der Waals surface area contributed by atoms with Gasteiger partial charge >= 0.3 is 0 Å². The van der Waals surface area contributed by atoms with E-state index in [2.05, 4.69) is 65.0 Å². The van der Waals surface area contributed by atoms with Crippen molar-refractivity contribution in [2.75, 3.05) is 34.4 Å². The van der Waals surface area contributed by atoms with E-state index in [1.54, 1.807) is 18.2 Å². The minimum absolute atomic E-state index is 0.00845. The number of likely N-dealkylation sites (tertiary alicyclic amines) is 1. The second kappa shape index (κ2) is 11.5. The number of hydrogen-bond acceptors (Lipinski definition) is 7. The maximum absolute atomic E-state index is 13.0. The first-order valence-corrected chi connectivity index (χ1v) is 16.9. The summed E-state index contributed by atoms with van der Waals surface area (Å²) in [4.78, 5) is 19.1. The van der Waals surface area contributed by atoms with Gasteiger partial charge in [-0.05, 0) is 62.6 Å². The summed E-state index contributed by atoms with van der Waals surface area (Å²) in [5.74, 6) is -0.148. The first-order valence-electron chi connectivity index (χ1n) is 7.81. The summed E-state index contributed by atoms with van der Waals surface area (Å²) in [5, 5.41) is 0. The number of hydrogen-bond donors (Lipinski definition) is 0. The molecule has 0 aromatic carbocycles. The smallest absolute Gasteiger partial charge is 0.259 e. The predicted octanol–water partition coefficient (Wildman–Crippen LogP) is 4.63. The van der Waals surface area contributed by atoms with Crippen molar-refractivity contribution in [3.63, 3.8) is 0 Å². The Morgan fingerprint density at radius 3 is 2.74 bits per heavy atom. The van der Waals surface area contributed by atoms with E-state index in [-0.39, 0.29) is 27.9 Å². The standard InChI is InChI=1S/C15H20BrI2N2O5PS/c1-10-6-19-11(4-12(10)16)5-15(24-9-23-3)13(7-25-27-26(17)18)20(8-22-2)14(15)21/h4,6,13H,5,7-9H2,1-3H3/t13-,15+/m0/s1. The lowest BCUT2D eigenvalue weighted by Gasteiger charge is -2.54. The van der Waals surface area contributed by atoms with E-state index in [9.17, 15) is 4.79 Å². The summed E-state index contributed by atoms with van der Waals surface area (Å²) in [6.07, 6.45) is 2.11. The number of nitrogens with zero attached hydrogens (tertiary/aromatic N) is 2. The zero-order valence-electron chi connectivity index (χ0n) is 15.0. The second-order valence-corrected chi connectivity index (χ2v) is 24.3. The molecule has 1 aliphatic rings. The molecule has 1 aromatic heterocycles. The molecule has 2 rings (SSSR count). The van der Waals surface area contributed by atoms with Gasteiger partial charge in [0.25, 0.3) is 5.91 Å². The van der Waals surface area contributed by atoms with Crippen LogP contribution in [0.2, 0.25) is 0 Å². The molecule has 0 saturated carbocycles. The van der Waals surface area contributed by atoms with Crippen LogP contribution in [0.15, 0.2) is 16.7 Å². The van der Waals surface area contributed by atoms with E-state index in [4.69, 9.17) is 18.4 Å². The number of pyridine rings is 1. The molecule has 1 saturated heterocycles. The third kappa shape index (κ3) is 6.09. The average molecular weight is 705 g/mol. The van der Waals surface area contributed by atoms with Crippen LogP contribution < -0.4 is 0 Å². The highest BCUT2D eigenvalue weighted by molar-refractivity contribution is 14.3. The van der Waals surface area contributed by atoms with Crippen LogP contribution in [0.1, 0.15) is 11.3 Å². The van der Waals surface area contributed by atoms with Gasteiger partial charge in [-0.2, -0.15) is 0 Å². The number of amides is 1. The third-order valence-corrected chi connectivity index (χ3v) is 8.87. The maximum Gasteiger partial charge on any atom is 0.259 e. The van der Waals surface area contributed by atoms with E-state index in [1.807, 2.05) is 13.0 Å². The summed E-state index contributed by atoms with van der Waals surface area (Å²) < 4.78 is 22.6. The molecule has 0 radical (unpaired) electrons. The molecule has 0 aliphatic carbocycles. The highest BCUT2D eigenvalue weighted by atomic mass is 127. The predicted molar refractivity (Wildman–Crippen MR) is 127 cm³/mol. The number of aryl methyl sites for hydroxylation is 1. The zero-order valence-corrected chi connectivity index (χ0v) is 22.6. The van der Waals surface area contributed by atoms with E-state index >= 15 is 0 Å². The Hall–Kier alpha value is 1.18. The number of β-lactam (4-membered cyclic amide) rings is 1. The van der Waals surface area contributed by atoms with E-state index < -0.39 is 5.60 Å². The fraction of sp³-hybridized carbons (Fsp3) is 0.600. The molecule has 1 aliphatic heterocycles. The summed E-state index contributed by atoms with van der Waals surface area (Å²) in [7, 11) is 3.09. The van der Waals surface area contributed by atoms with Crippen LogP contribution in [0.5, 0.6) is 0 Å². The lowest BCUT2D eigenvalue weighted by atomic mass is 9.79. The summed E-state index contributed by atoms with van der Waals surface area (Å²) >= 11 is 9.58. The van der Waals surface area contributed by atoms with Crippen molar-refractivity contribution in [2.45, 2.75) is 25.0 Å². The molecule has 0 N–H and O–H groups in total. The highest BCUT2D eigenvalue weighted by Gasteiger charge is 2.62. The molecule has 2 atom stereocenters. The van der Waals surface area contributed by atoms with Crippen LogP contribution in [0.25, 0.3) is 0 Å². The fourth-order valence-electron chi connectivity index (χ4n) is 2.83. The minimum atomic E-state index is -1.09. The number of carbonyl (C=O) groups excluding carboxylic acids is 1. The number of rotatable bonds is 11. The van der Waals surface area contributed by atoms with Gasteiger partial charge in [-0.1, -0.05) is 15.9 Å². The lowest BCUT2D eigenvalue weighted by Crippen LogP contribution is -2.77. The molecule has 1 amide bonds. The molecule has 2 heterocycles. The molecule has 7 nitrogen and oxygen atoms in total. The molecule has 0 unspecified atom stereocenters. The van der Waals surface area contributed by atoms with Crippen LogP contribution in [-0.2, 0) is 29.6 Å². The topological polar surface area (TPSA) is 70.1 Å². The number of carbonyl (C=O) groups is 1. The molecule has 0 bridgehead atoms. The third-order valence-electron chi connectivity index (χ3n) is 4.11. The number of aromatic nitrogens is 1. The molecular weight excluding hydrogens is 685 g/mol. The summed E-state index contributed by atoms with van der Waals surface area (Å²) in [5.41, 5.74) is 0.702. The summed E-state index contributed by atoms with van der Waals surface area (Å²) in [6, 6.07) is 1.62. The van der Waals surface area contributed by atoms with Gasteiger partial charge in [-0.15, -0.1) is 0 Å². The number of halogens is 3. The van der Waals surface area contributed by atoms with Crippen LogP contribution in [0.4, 0.5) is 0 Å². The second-order valence-electron chi connectivity index (χ2n) is 5.81. The fourth-order valence-corrected chi connectivity index (χ4v) is 5.94. The van der Waals surface area contributed by atoms with Gasteiger partial charge in [0, 0.05) is 48.7 Å². The van der Waals surface area contributed by atoms with Gasteiger partial charge in [-0.25, -0.2) is 0 Å². The molecule has 27 heavy (non-hydrogen) atoms. The Bertz CT molecular complexity index is 663. The van der Waals surface area contributed by atoms with Crippen LogP contribution in [0.3, 0.4) is 0 Å². The normalized spacial score (nSPS) is 22.4. The van der Waals surface area contributed by atoms with Crippen molar-refractivity contribution in [2.24, 2.45) is 0 Å². The summed E-state index contributed by atoms with van der Waals surface area (Å²) in [6.45, 7) is 2.49. The van der Waals surface area contributed by atoms with Crippen LogP contribution in [0, 0.1) is 6.92 Å². The molecule has 152 valence electrons. The van der Waals surface area contributed by atoms with Crippen molar-refractivity contribution in [1.82, 2.24) is 9.88 Å². The van der Waals surface area contributed by atoms with Crippen molar-refractivity contribution in [3.05, 3.63) is 28.0 Å². The van der Waals surface area contributed by atoms with Crippen molar-refractivity contribution in [1.29, 1.82) is 0 Å². The molecular formula is C15H20BrI2N2O5PS. The zero-order chi connectivity index (χ0) is 20.0. The molecule has 12 heteroatoms. The molecule has 1 fully saturated rings. The highest BCUT2D eigenvalue weighted by Crippen LogP contribution is 2.65. The van der Waals surface area contributed by atoms with Gasteiger partial charge in [0.2, 0.25) is 0 Å². The monoisotopic (exact) mass is 704 g/mol. The Morgan fingerprint density at radius 2 is 2.15 bits per heavy atom. The minimum Gasteiger partial charge on any atom is -0.364 e. The average Bonchev–Trinajstić information content (AvgIpc) is 2.63. The first-order chi connectivity index (χ1) is 12.9. The van der Waals surface area contributed by atoms with Crippen LogP contribution in [-0.4, -0.2) is 61.8 Å². The number of ether oxygens (including phenoxy) is 3. The van der Waals surface area contributed by atoms with Gasteiger partial charge < -0.3 is 23.3 Å². The first kappa shape index (κ1) is 24.4. The van der Waals surface area contributed by atoms with Crippen molar-refractivity contribution < 1.29 is 23.2 Å². The Kier molecular flexibility index (Phi) is 10.4. The van der Waals surface area contributed by atoms with E-state index in [0.717, 1.165) is 15.7 Å². The number of methoxy groups -OCH3 is 2.